The van der Waals surface area contributed by atoms with Crippen molar-refractivity contribution in [2.24, 2.45) is 0 Å². The number of ether oxygens (including phenoxy) is 2. The number of alkyl carbamates (subject to hydrolysis) is 1. The molecule has 0 saturated heterocycles. The van der Waals surface area contributed by atoms with Crippen molar-refractivity contribution >= 4 is 23.9 Å². The molecule has 0 aliphatic carbocycles. The first-order valence-corrected chi connectivity index (χ1v) is 11.3. The molecule has 0 fully saturated rings. The number of hydrogen-bond donors (Lipinski definition) is 3. The Morgan fingerprint density at radius 2 is 1.46 bits per heavy atom. The third-order valence-corrected chi connectivity index (χ3v) is 4.92. The molecule has 0 unspecified atom stereocenters. The van der Waals surface area contributed by atoms with Crippen molar-refractivity contribution in [3.63, 3.8) is 0 Å². The van der Waals surface area contributed by atoms with Crippen LogP contribution < -0.4 is 16.0 Å². The second kappa shape index (κ2) is 14.9. The van der Waals surface area contributed by atoms with E-state index in [1.807, 2.05) is 60.7 Å². The molecule has 9 nitrogen and oxygen atoms in total. The predicted octanol–water partition coefficient (Wildman–Crippen LogP) is 2.61. The van der Waals surface area contributed by atoms with E-state index in [1.165, 1.54) is 6.92 Å². The molecule has 9 heteroatoms. The highest BCUT2D eigenvalue weighted by Gasteiger charge is 2.25. The Balaban J connectivity index is 1.88. The fraction of sp³-hybridized carbons (Fsp3) is 0.308. The number of esters is 1. The number of nitrogens with one attached hydrogen (secondary N) is 3. The summed E-state index contributed by atoms with van der Waals surface area (Å²) in [6.45, 7) is 5.27. The summed E-state index contributed by atoms with van der Waals surface area (Å²) < 4.78 is 10.5. The maximum Gasteiger partial charge on any atom is 0.408 e. The van der Waals surface area contributed by atoms with Crippen LogP contribution in [0.3, 0.4) is 0 Å². The van der Waals surface area contributed by atoms with Gasteiger partial charge in [-0.3, -0.25) is 9.59 Å². The minimum absolute atomic E-state index is 0.0544. The van der Waals surface area contributed by atoms with E-state index in [4.69, 9.17) is 9.47 Å². The van der Waals surface area contributed by atoms with Crippen LogP contribution in [0.5, 0.6) is 0 Å². The van der Waals surface area contributed by atoms with Gasteiger partial charge in [0.1, 0.15) is 25.3 Å². The average Bonchev–Trinajstić information content (AvgIpc) is 2.88. The molecule has 3 N–H and O–H groups in total. The fourth-order valence-corrected chi connectivity index (χ4v) is 2.97. The van der Waals surface area contributed by atoms with Gasteiger partial charge in [0.25, 0.3) is 0 Å². The van der Waals surface area contributed by atoms with Crippen molar-refractivity contribution in [2.75, 3.05) is 6.54 Å². The third kappa shape index (κ3) is 10.6. The third-order valence-electron chi connectivity index (χ3n) is 4.92. The molecule has 0 radical (unpaired) electrons. The van der Waals surface area contributed by atoms with E-state index in [-0.39, 0.29) is 25.5 Å². The summed E-state index contributed by atoms with van der Waals surface area (Å²) in [7, 11) is 0. The Hall–Kier alpha value is -4.14. The second-order valence-corrected chi connectivity index (χ2v) is 7.72. The van der Waals surface area contributed by atoms with Crippen molar-refractivity contribution in [1.82, 2.24) is 16.0 Å². The Bertz CT molecular complexity index is 981. The van der Waals surface area contributed by atoms with Crippen molar-refractivity contribution < 1.29 is 28.7 Å². The van der Waals surface area contributed by atoms with E-state index in [0.29, 0.717) is 13.0 Å². The summed E-state index contributed by atoms with van der Waals surface area (Å²) in [5.74, 6) is -1.52. The Morgan fingerprint density at radius 3 is 2.03 bits per heavy atom. The molecule has 2 atom stereocenters. The summed E-state index contributed by atoms with van der Waals surface area (Å²) in [5, 5.41) is 7.68. The van der Waals surface area contributed by atoms with Gasteiger partial charge < -0.3 is 25.4 Å². The average molecular weight is 482 g/mol. The number of benzene rings is 2. The fourth-order valence-electron chi connectivity index (χ4n) is 2.97. The van der Waals surface area contributed by atoms with Crippen LogP contribution in [-0.2, 0) is 37.1 Å². The minimum atomic E-state index is -0.962. The smallest absolute Gasteiger partial charge is 0.408 e. The number of hydrogen-bond acceptors (Lipinski definition) is 6. The molecule has 0 spiro atoms. The summed E-state index contributed by atoms with van der Waals surface area (Å²) in [6.07, 6.45) is 1.03. The number of rotatable bonds is 13. The number of carbonyl (C=O) groups excluding carboxylic acids is 4. The van der Waals surface area contributed by atoms with Gasteiger partial charge in [0, 0.05) is 6.54 Å². The molecule has 35 heavy (non-hydrogen) atoms. The van der Waals surface area contributed by atoms with E-state index in [0.717, 1.165) is 17.2 Å². The zero-order valence-electron chi connectivity index (χ0n) is 19.7. The Morgan fingerprint density at radius 1 is 0.886 bits per heavy atom. The molecule has 186 valence electrons. The largest absolute Gasteiger partial charge is 0.459 e. The highest BCUT2D eigenvalue weighted by Crippen LogP contribution is 2.06. The molecule has 0 heterocycles. The maximum absolute atomic E-state index is 12.7. The SMILES string of the molecule is C=CC(=O)NCCC[C@H](NC(=O)[C@H](C)NC(=O)OCc1ccccc1)C(=O)OCc1ccccc1. The van der Waals surface area contributed by atoms with Gasteiger partial charge in [-0.1, -0.05) is 67.2 Å². The zero-order chi connectivity index (χ0) is 25.5. The van der Waals surface area contributed by atoms with Crippen LogP contribution in [0, 0.1) is 0 Å². The van der Waals surface area contributed by atoms with Gasteiger partial charge in [-0.05, 0) is 37.0 Å². The van der Waals surface area contributed by atoms with Crippen molar-refractivity contribution in [3.8, 4) is 0 Å². The zero-order valence-corrected chi connectivity index (χ0v) is 19.7. The molecule has 2 aromatic carbocycles. The van der Waals surface area contributed by atoms with Gasteiger partial charge in [0.15, 0.2) is 0 Å². The van der Waals surface area contributed by atoms with Crippen LogP contribution in [-0.4, -0.2) is 42.5 Å². The van der Waals surface area contributed by atoms with Crippen LogP contribution in [0.15, 0.2) is 73.3 Å². The lowest BCUT2D eigenvalue weighted by atomic mass is 10.1. The molecular weight excluding hydrogens is 450 g/mol. The molecule has 0 aromatic heterocycles. The molecule has 0 bridgehead atoms. The summed E-state index contributed by atoms with van der Waals surface area (Å²) in [4.78, 5) is 48.7. The summed E-state index contributed by atoms with van der Waals surface area (Å²) in [6, 6.07) is 16.4. The second-order valence-electron chi connectivity index (χ2n) is 7.72. The highest BCUT2D eigenvalue weighted by molar-refractivity contribution is 5.89. The van der Waals surface area contributed by atoms with E-state index >= 15 is 0 Å². The first-order valence-electron chi connectivity index (χ1n) is 11.3. The minimum Gasteiger partial charge on any atom is -0.459 e. The van der Waals surface area contributed by atoms with E-state index in [2.05, 4.69) is 22.5 Å². The molecule has 3 amide bonds. The van der Waals surface area contributed by atoms with Crippen LogP contribution in [0.4, 0.5) is 4.79 Å². The lowest BCUT2D eigenvalue weighted by Crippen LogP contribution is -2.50. The lowest BCUT2D eigenvalue weighted by molar-refractivity contribution is -0.149. The topological polar surface area (TPSA) is 123 Å². The Labute approximate surface area is 204 Å². The van der Waals surface area contributed by atoms with Crippen LogP contribution in [0.1, 0.15) is 30.9 Å². The standard InChI is InChI=1S/C26H31N3O6/c1-3-23(30)27-16-10-15-22(25(32)34-17-20-11-6-4-7-12-20)29-24(31)19(2)28-26(33)35-18-21-13-8-5-9-14-21/h3-9,11-14,19,22H,1,10,15-18H2,2H3,(H,27,30)(H,28,33)(H,29,31)/t19-,22-/m0/s1. The van der Waals surface area contributed by atoms with Gasteiger partial charge in [-0.15, -0.1) is 0 Å². The quantitative estimate of drug-likeness (QED) is 0.230. The van der Waals surface area contributed by atoms with Gasteiger partial charge in [-0.2, -0.15) is 0 Å². The van der Waals surface area contributed by atoms with E-state index in [9.17, 15) is 19.2 Å². The molecule has 2 aromatic rings. The lowest BCUT2D eigenvalue weighted by Gasteiger charge is -2.21. The van der Waals surface area contributed by atoms with Crippen molar-refractivity contribution in [1.29, 1.82) is 0 Å². The first-order chi connectivity index (χ1) is 16.9. The number of carbonyl (C=O) groups is 4. The van der Waals surface area contributed by atoms with Gasteiger partial charge in [0.05, 0.1) is 0 Å². The Kier molecular flexibility index (Phi) is 11.5. The van der Waals surface area contributed by atoms with Gasteiger partial charge in [0.2, 0.25) is 11.8 Å². The normalized spacial score (nSPS) is 11.9. The van der Waals surface area contributed by atoms with Crippen molar-refractivity contribution in [3.05, 3.63) is 84.4 Å². The molecule has 2 rings (SSSR count). The molecule has 0 aliphatic heterocycles. The van der Waals surface area contributed by atoms with Gasteiger partial charge >= 0.3 is 12.1 Å². The van der Waals surface area contributed by atoms with Crippen molar-refractivity contribution in [2.45, 2.75) is 45.1 Å². The van der Waals surface area contributed by atoms with E-state index in [1.54, 1.807) is 0 Å². The van der Waals surface area contributed by atoms with Gasteiger partial charge in [-0.25, -0.2) is 9.59 Å². The molecule has 0 saturated carbocycles. The van der Waals surface area contributed by atoms with Crippen LogP contribution >= 0.6 is 0 Å². The molecule has 0 aliphatic rings. The highest BCUT2D eigenvalue weighted by atomic mass is 16.5. The predicted molar refractivity (Wildman–Crippen MR) is 130 cm³/mol. The van der Waals surface area contributed by atoms with E-state index < -0.39 is 30.1 Å². The monoisotopic (exact) mass is 481 g/mol. The number of amides is 3. The summed E-state index contributed by atoms with van der Waals surface area (Å²) >= 11 is 0. The maximum atomic E-state index is 12.7. The molecular formula is C26H31N3O6. The summed E-state index contributed by atoms with van der Waals surface area (Å²) in [5.41, 5.74) is 1.62. The first kappa shape index (κ1) is 27.1. The van der Waals surface area contributed by atoms with Crippen LogP contribution in [0.2, 0.25) is 0 Å². The van der Waals surface area contributed by atoms with Crippen LogP contribution in [0.25, 0.3) is 0 Å².